The van der Waals surface area contributed by atoms with Crippen LogP contribution in [0.1, 0.15) is 0 Å². The molecule has 0 atom stereocenters. The molecule has 21 heavy (non-hydrogen) atoms. The van der Waals surface area contributed by atoms with Crippen LogP contribution in [0, 0.1) is 0 Å². The molecule has 2 aromatic carbocycles. The molecule has 0 spiro atoms. The van der Waals surface area contributed by atoms with E-state index in [2.05, 4.69) is 15.4 Å². The second-order valence-electron chi connectivity index (χ2n) is 3.99. The number of benzene rings is 2. The van der Waals surface area contributed by atoms with Crippen LogP contribution in [0.3, 0.4) is 0 Å². The van der Waals surface area contributed by atoms with E-state index >= 15 is 0 Å². The molecule has 2 N–H and O–H groups in total. The summed E-state index contributed by atoms with van der Waals surface area (Å²) in [5.74, 6) is 0.0873. The normalized spacial score (nSPS) is 10.3. The molecule has 3 nitrogen and oxygen atoms in total. The van der Waals surface area contributed by atoms with Gasteiger partial charge in [0.15, 0.2) is 5.11 Å². The summed E-state index contributed by atoms with van der Waals surface area (Å²) >= 11 is 11.0. The van der Waals surface area contributed by atoms with Gasteiger partial charge in [0.05, 0.1) is 0 Å². The summed E-state index contributed by atoms with van der Waals surface area (Å²) < 4.78 is 28.3. The zero-order valence-corrected chi connectivity index (χ0v) is 12.2. The largest absolute Gasteiger partial charge is 0.435 e. The molecule has 0 amide bonds. The molecule has 2 rings (SSSR count). The van der Waals surface area contributed by atoms with Crippen LogP contribution in [0.5, 0.6) is 5.75 Å². The molecule has 0 aliphatic heterocycles. The SMILES string of the molecule is FC(F)Oc1ccc(NC(=S)Nc2cccc(Cl)c2)cc1. The van der Waals surface area contributed by atoms with E-state index in [-0.39, 0.29) is 5.75 Å². The van der Waals surface area contributed by atoms with Crippen molar-refractivity contribution in [3.05, 3.63) is 53.6 Å². The number of anilines is 2. The quantitative estimate of drug-likeness (QED) is 0.793. The molecule has 0 saturated carbocycles. The van der Waals surface area contributed by atoms with Gasteiger partial charge in [0, 0.05) is 16.4 Å². The molecule has 0 heterocycles. The van der Waals surface area contributed by atoms with Crippen molar-refractivity contribution in [3.63, 3.8) is 0 Å². The molecule has 110 valence electrons. The summed E-state index contributed by atoms with van der Waals surface area (Å²) in [4.78, 5) is 0. The average Bonchev–Trinajstić information content (AvgIpc) is 2.40. The van der Waals surface area contributed by atoms with Gasteiger partial charge in [-0.15, -0.1) is 0 Å². The lowest BCUT2D eigenvalue weighted by molar-refractivity contribution is -0.0498. The molecular formula is C14H11ClF2N2OS. The first-order valence-corrected chi connectivity index (χ1v) is 6.70. The van der Waals surface area contributed by atoms with E-state index in [0.717, 1.165) is 5.69 Å². The van der Waals surface area contributed by atoms with Crippen LogP contribution in [0.15, 0.2) is 48.5 Å². The smallest absolute Gasteiger partial charge is 0.387 e. The van der Waals surface area contributed by atoms with Gasteiger partial charge in [-0.05, 0) is 54.7 Å². The van der Waals surface area contributed by atoms with Crippen LogP contribution >= 0.6 is 23.8 Å². The fourth-order valence-corrected chi connectivity index (χ4v) is 2.01. The molecule has 0 fully saturated rings. The third-order valence-corrected chi connectivity index (χ3v) is 2.86. The van der Waals surface area contributed by atoms with Crippen molar-refractivity contribution in [3.8, 4) is 5.75 Å². The molecule has 0 radical (unpaired) electrons. The van der Waals surface area contributed by atoms with Crippen LogP contribution in [-0.4, -0.2) is 11.7 Å². The highest BCUT2D eigenvalue weighted by atomic mass is 35.5. The Morgan fingerprint density at radius 3 is 2.33 bits per heavy atom. The van der Waals surface area contributed by atoms with Gasteiger partial charge in [-0.2, -0.15) is 8.78 Å². The molecule has 0 aromatic heterocycles. The van der Waals surface area contributed by atoms with E-state index in [4.69, 9.17) is 23.8 Å². The number of hydrogen-bond donors (Lipinski definition) is 2. The lowest BCUT2D eigenvalue weighted by Crippen LogP contribution is -2.18. The van der Waals surface area contributed by atoms with Gasteiger partial charge in [0.25, 0.3) is 0 Å². The molecule has 0 aliphatic rings. The molecule has 0 aliphatic carbocycles. The van der Waals surface area contributed by atoms with Crippen LogP contribution in [-0.2, 0) is 0 Å². The Labute approximate surface area is 130 Å². The zero-order valence-electron chi connectivity index (χ0n) is 10.6. The Balaban J connectivity index is 1.93. The summed E-state index contributed by atoms with van der Waals surface area (Å²) in [7, 11) is 0. The molecular weight excluding hydrogens is 318 g/mol. The molecule has 0 unspecified atom stereocenters. The number of ether oxygens (including phenoxy) is 1. The van der Waals surface area contributed by atoms with E-state index in [9.17, 15) is 8.78 Å². The highest BCUT2D eigenvalue weighted by molar-refractivity contribution is 7.80. The van der Waals surface area contributed by atoms with Crippen LogP contribution in [0.4, 0.5) is 20.2 Å². The van der Waals surface area contributed by atoms with Crippen molar-refractivity contribution in [1.29, 1.82) is 0 Å². The predicted octanol–water partition coefficient (Wildman–Crippen LogP) is 4.75. The van der Waals surface area contributed by atoms with Gasteiger partial charge in [0.2, 0.25) is 0 Å². The fraction of sp³-hybridized carbons (Fsp3) is 0.0714. The summed E-state index contributed by atoms with van der Waals surface area (Å²) in [6.07, 6.45) is 0. The highest BCUT2D eigenvalue weighted by Gasteiger charge is 2.04. The number of nitrogens with one attached hydrogen (secondary N) is 2. The Morgan fingerprint density at radius 2 is 1.71 bits per heavy atom. The molecule has 7 heteroatoms. The van der Waals surface area contributed by atoms with Crippen molar-refractivity contribution in [2.45, 2.75) is 6.61 Å². The second-order valence-corrected chi connectivity index (χ2v) is 4.84. The minimum atomic E-state index is -2.84. The Morgan fingerprint density at radius 1 is 1.05 bits per heavy atom. The third-order valence-electron chi connectivity index (χ3n) is 2.42. The Hall–Kier alpha value is -1.92. The topological polar surface area (TPSA) is 33.3 Å². The van der Waals surface area contributed by atoms with E-state index in [1.165, 1.54) is 12.1 Å². The summed E-state index contributed by atoms with van der Waals surface area (Å²) in [6.45, 7) is -2.84. The first-order chi connectivity index (χ1) is 10.0. The first kappa shape index (κ1) is 15.5. The number of alkyl halides is 2. The van der Waals surface area contributed by atoms with E-state index in [1.54, 1.807) is 30.3 Å². The van der Waals surface area contributed by atoms with Crippen molar-refractivity contribution in [2.24, 2.45) is 0 Å². The van der Waals surface area contributed by atoms with Gasteiger partial charge in [-0.1, -0.05) is 17.7 Å². The van der Waals surface area contributed by atoms with E-state index < -0.39 is 6.61 Å². The summed E-state index contributed by atoms with van der Waals surface area (Å²) in [6, 6.07) is 13.1. The average molecular weight is 329 g/mol. The van der Waals surface area contributed by atoms with Crippen LogP contribution in [0.2, 0.25) is 5.02 Å². The lowest BCUT2D eigenvalue weighted by atomic mass is 10.3. The molecule has 2 aromatic rings. The van der Waals surface area contributed by atoms with Crippen molar-refractivity contribution < 1.29 is 13.5 Å². The van der Waals surface area contributed by atoms with Gasteiger partial charge < -0.3 is 15.4 Å². The predicted molar refractivity (Wildman–Crippen MR) is 84.4 cm³/mol. The zero-order chi connectivity index (χ0) is 15.2. The number of rotatable bonds is 4. The number of hydrogen-bond acceptors (Lipinski definition) is 2. The summed E-state index contributed by atoms with van der Waals surface area (Å²) in [5, 5.41) is 6.84. The van der Waals surface area contributed by atoms with Gasteiger partial charge >= 0.3 is 6.61 Å². The van der Waals surface area contributed by atoms with Gasteiger partial charge in [0.1, 0.15) is 5.75 Å². The Kier molecular flexibility index (Phi) is 5.30. The van der Waals surface area contributed by atoms with E-state index in [1.807, 2.05) is 6.07 Å². The second kappa shape index (κ2) is 7.19. The van der Waals surface area contributed by atoms with Crippen LogP contribution in [0.25, 0.3) is 0 Å². The monoisotopic (exact) mass is 328 g/mol. The standard InChI is InChI=1S/C14H11ClF2N2OS/c15-9-2-1-3-11(8-9)19-14(21)18-10-4-6-12(7-5-10)20-13(16)17/h1-8,13H,(H2,18,19,21). The Bertz CT molecular complexity index is 623. The maximum atomic E-state index is 12.0. The maximum absolute atomic E-state index is 12.0. The van der Waals surface area contributed by atoms with Crippen molar-refractivity contribution in [2.75, 3.05) is 10.6 Å². The highest BCUT2D eigenvalue weighted by Crippen LogP contribution is 2.19. The molecule has 0 bridgehead atoms. The minimum Gasteiger partial charge on any atom is -0.435 e. The van der Waals surface area contributed by atoms with E-state index in [0.29, 0.717) is 15.8 Å². The van der Waals surface area contributed by atoms with Crippen molar-refractivity contribution in [1.82, 2.24) is 0 Å². The number of thiocarbonyl (C=S) groups is 1. The van der Waals surface area contributed by atoms with Crippen LogP contribution < -0.4 is 15.4 Å². The van der Waals surface area contributed by atoms with Gasteiger partial charge in [-0.25, -0.2) is 0 Å². The third kappa shape index (κ3) is 5.17. The van der Waals surface area contributed by atoms with Crippen molar-refractivity contribution >= 4 is 40.3 Å². The fourth-order valence-electron chi connectivity index (χ4n) is 1.58. The number of halogens is 3. The minimum absolute atomic E-state index is 0.0873. The summed E-state index contributed by atoms with van der Waals surface area (Å²) in [5.41, 5.74) is 1.40. The lowest BCUT2D eigenvalue weighted by Gasteiger charge is -2.11. The molecule has 0 saturated heterocycles. The van der Waals surface area contributed by atoms with Gasteiger partial charge in [-0.3, -0.25) is 0 Å². The maximum Gasteiger partial charge on any atom is 0.387 e. The first-order valence-electron chi connectivity index (χ1n) is 5.91.